The normalized spacial score (nSPS) is 21.4. The maximum Gasteiger partial charge on any atom is 0.251 e. The molecule has 1 aliphatic heterocycles. The largest absolute Gasteiger partial charge is 0.352 e. The second-order valence-electron chi connectivity index (χ2n) is 5.93. The van der Waals surface area contributed by atoms with Crippen molar-refractivity contribution in [1.82, 2.24) is 10.2 Å². The van der Waals surface area contributed by atoms with Crippen LogP contribution in [0.5, 0.6) is 0 Å². The van der Waals surface area contributed by atoms with Crippen LogP contribution in [0.2, 0.25) is 0 Å². The molecule has 2 aliphatic rings. The highest BCUT2D eigenvalue weighted by atomic mass is 79.9. The molecule has 1 saturated heterocycles. The smallest absolute Gasteiger partial charge is 0.251 e. The highest BCUT2D eigenvalue weighted by Crippen LogP contribution is 2.32. The summed E-state index contributed by atoms with van der Waals surface area (Å²) in [6, 6.07) is 7.33. The molecule has 2 fully saturated rings. The monoisotopic (exact) mass is 350 g/mol. The Labute approximate surface area is 133 Å². The minimum absolute atomic E-state index is 0.0468. The summed E-state index contributed by atoms with van der Waals surface area (Å²) in [5.41, 5.74) is 0.669. The molecule has 1 saturated carbocycles. The van der Waals surface area contributed by atoms with Crippen molar-refractivity contribution in [2.45, 2.75) is 19.3 Å². The molecule has 4 nitrogen and oxygen atoms in total. The molecule has 3 rings (SSSR count). The molecule has 2 amide bonds. The Morgan fingerprint density at radius 3 is 2.57 bits per heavy atom. The Bertz CT molecular complexity index is 540. The van der Waals surface area contributed by atoms with Gasteiger partial charge in [-0.25, -0.2) is 0 Å². The third-order valence-corrected chi connectivity index (χ3v) is 4.71. The zero-order valence-electron chi connectivity index (χ0n) is 11.8. The van der Waals surface area contributed by atoms with Crippen LogP contribution in [0.15, 0.2) is 28.7 Å². The molecule has 0 bridgehead atoms. The summed E-state index contributed by atoms with van der Waals surface area (Å²) in [4.78, 5) is 26.0. The van der Waals surface area contributed by atoms with Crippen LogP contribution in [0.1, 0.15) is 29.6 Å². The second-order valence-corrected chi connectivity index (χ2v) is 6.85. The third kappa shape index (κ3) is 3.64. The van der Waals surface area contributed by atoms with Crippen molar-refractivity contribution in [2.75, 3.05) is 19.6 Å². The minimum Gasteiger partial charge on any atom is -0.352 e. The first-order valence-electron chi connectivity index (χ1n) is 7.46. The van der Waals surface area contributed by atoms with E-state index in [0.29, 0.717) is 29.9 Å². The Morgan fingerprint density at radius 1 is 1.19 bits per heavy atom. The standard InChI is InChI=1S/C16H19BrN2O2/c17-14-5-3-12(4-6-14)15(20)18-9-11-7-8-19(10-11)16(21)13-1-2-13/h3-6,11,13H,1-2,7-10H2,(H,18,20). The maximum atomic E-state index is 12.0. The zero-order valence-corrected chi connectivity index (χ0v) is 13.4. The third-order valence-electron chi connectivity index (χ3n) is 4.18. The molecular weight excluding hydrogens is 332 g/mol. The van der Waals surface area contributed by atoms with Gasteiger partial charge in [0, 0.05) is 35.6 Å². The highest BCUT2D eigenvalue weighted by molar-refractivity contribution is 9.10. The van der Waals surface area contributed by atoms with Crippen LogP contribution in [0, 0.1) is 11.8 Å². The molecule has 0 radical (unpaired) electrons. The Hall–Kier alpha value is -1.36. The van der Waals surface area contributed by atoms with Gasteiger partial charge in [0.15, 0.2) is 0 Å². The van der Waals surface area contributed by atoms with Crippen molar-refractivity contribution in [3.8, 4) is 0 Å². The first-order valence-corrected chi connectivity index (χ1v) is 8.25. The average Bonchev–Trinajstić information content (AvgIpc) is 3.23. The summed E-state index contributed by atoms with van der Waals surface area (Å²) in [6.07, 6.45) is 3.10. The van der Waals surface area contributed by atoms with Gasteiger partial charge in [0.05, 0.1) is 0 Å². The number of amides is 2. The van der Waals surface area contributed by atoms with E-state index in [0.717, 1.165) is 36.8 Å². The van der Waals surface area contributed by atoms with Gasteiger partial charge in [-0.1, -0.05) is 15.9 Å². The van der Waals surface area contributed by atoms with Crippen LogP contribution >= 0.6 is 15.9 Å². The van der Waals surface area contributed by atoms with Crippen LogP contribution in [0.25, 0.3) is 0 Å². The van der Waals surface area contributed by atoms with Gasteiger partial charge in [-0.2, -0.15) is 0 Å². The number of nitrogens with one attached hydrogen (secondary N) is 1. The van der Waals surface area contributed by atoms with Crippen LogP contribution in [-0.2, 0) is 4.79 Å². The van der Waals surface area contributed by atoms with Gasteiger partial charge in [0.1, 0.15) is 0 Å². The highest BCUT2D eigenvalue weighted by Gasteiger charge is 2.36. The van der Waals surface area contributed by atoms with E-state index in [9.17, 15) is 9.59 Å². The number of halogens is 1. The van der Waals surface area contributed by atoms with Crippen molar-refractivity contribution in [2.24, 2.45) is 11.8 Å². The molecule has 5 heteroatoms. The summed E-state index contributed by atoms with van der Waals surface area (Å²) in [7, 11) is 0. The summed E-state index contributed by atoms with van der Waals surface area (Å²) in [6.45, 7) is 2.27. The van der Waals surface area contributed by atoms with Crippen LogP contribution in [0.3, 0.4) is 0 Å². The van der Waals surface area contributed by atoms with Gasteiger partial charge < -0.3 is 10.2 Å². The lowest BCUT2D eigenvalue weighted by molar-refractivity contribution is -0.131. The number of likely N-dealkylation sites (tertiary alicyclic amines) is 1. The van der Waals surface area contributed by atoms with Crippen molar-refractivity contribution < 1.29 is 9.59 Å². The molecule has 1 unspecified atom stereocenters. The molecule has 1 aliphatic carbocycles. The van der Waals surface area contributed by atoms with E-state index >= 15 is 0 Å². The quantitative estimate of drug-likeness (QED) is 0.906. The fourth-order valence-electron chi connectivity index (χ4n) is 2.73. The topological polar surface area (TPSA) is 49.4 Å². The van der Waals surface area contributed by atoms with E-state index in [2.05, 4.69) is 21.2 Å². The predicted octanol–water partition coefficient (Wildman–Crippen LogP) is 2.44. The van der Waals surface area contributed by atoms with E-state index in [1.807, 2.05) is 17.0 Å². The molecule has 0 spiro atoms. The van der Waals surface area contributed by atoms with Gasteiger partial charge in [-0.3, -0.25) is 9.59 Å². The minimum atomic E-state index is -0.0468. The van der Waals surface area contributed by atoms with Crippen LogP contribution in [0.4, 0.5) is 0 Å². The van der Waals surface area contributed by atoms with Crippen molar-refractivity contribution in [1.29, 1.82) is 0 Å². The van der Waals surface area contributed by atoms with E-state index in [1.54, 1.807) is 12.1 Å². The van der Waals surface area contributed by atoms with Gasteiger partial charge in [0.2, 0.25) is 5.91 Å². The molecule has 1 N–H and O–H groups in total. The number of hydrogen-bond acceptors (Lipinski definition) is 2. The summed E-state index contributed by atoms with van der Waals surface area (Å²) in [5.74, 6) is 0.944. The second kappa shape index (κ2) is 6.18. The molecule has 1 aromatic carbocycles. The summed E-state index contributed by atoms with van der Waals surface area (Å²) in [5, 5.41) is 2.97. The number of carbonyl (C=O) groups is 2. The van der Waals surface area contributed by atoms with Crippen molar-refractivity contribution in [3.05, 3.63) is 34.3 Å². The predicted molar refractivity (Wildman–Crippen MR) is 83.9 cm³/mol. The number of nitrogens with zero attached hydrogens (tertiary/aromatic N) is 1. The number of benzene rings is 1. The van der Waals surface area contributed by atoms with Crippen LogP contribution in [-0.4, -0.2) is 36.3 Å². The first kappa shape index (κ1) is 14.6. The van der Waals surface area contributed by atoms with Gasteiger partial charge >= 0.3 is 0 Å². The SMILES string of the molecule is O=C(NCC1CCN(C(=O)C2CC2)C1)c1ccc(Br)cc1. The molecule has 21 heavy (non-hydrogen) atoms. The van der Waals surface area contributed by atoms with E-state index in [1.165, 1.54) is 0 Å². The number of rotatable bonds is 4. The lowest BCUT2D eigenvalue weighted by atomic mass is 10.1. The lowest BCUT2D eigenvalue weighted by Gasteiger charge is -2.16. The van der Waals surface area contributed by atoms with Crippen molar-refractivity contribution in [3.63, 3.8) is 0 Å². The average molecular weight is 351 g/mol. The first-order chi connectivity index (χ1) is 10.1. The number of hydrogen-bond donors (Lipinski definition) is 1. The molecular formula is C16H19BrN2O2. The Morgan fingerprint density at radius 2 is 1.90 bits per heavy atom. The number of carbonyl (C=O) groups excluding carboxylic acids is 2. The van der Waals surface area contributed by atoms with E-state index in [4.69, 9.17) is 0 Å². The van der Waals surface area contributed by atoms with E-state index < -0.39 is 0 Å². The van der Waals surface area contributed by atoms with Gasteiger partial charge in [0.25, 0.3) is 5.91 Å². The molecule has 0 aromatic heterocycles. The fourth-order valence-corrected chi connectivity index (χ4v) is 2.99. The molecule has 1 atom stereocenters. The lowest BCUT2D eigenvalue weighted by Crippen LogP contribution is -2.33. The summed E-state index contributed by atoms with van der Waals surface area (Å²) >= 11 is 3.36. The molecule has 1 heterocycles. The van der Waals surface area contributed by atoms with Gasteiger partial charge in [-0.15, -0.1) is 0 Å². The van der Waals surface area contributed by atoms with E-state index in [-0.39, 0.29) is 5.91 Å². The molecule has 1 aromatic rings. The maximum absolute atomic E-state index is 12.0. The Kier molecular flexibility index (Phi) is 4.29. The van der Waals surface area contributed by atoms with Crippen LogP contribution < -0.4 is 5.32 Å². The fraction of sp³-hybridized carbons (Fsp3) is 0.500. The zero-order chi connectivity index (χ0) is 14.8. The van der Waals surface area contributed by atoms with Crippen molar-refractivity contribution >= 4 is 27.7 Å². The van der Waals surface area contributed by atoms with Gasteiger partial charge in [-0.05, 0) is 49.4 Å². The molecule has 112 valence electrons. The summed E-state index contributed by atoms with van der Waals surface area (Å²) < 4.78 is 0.962. The Balaban J connectivity index is 1.46.